The topological polar surface area (TPSA) is 0 Å². The Labute approximate surface area is 163 Å². The molecule has 1 unspecified atom stereocenters. The smallest absolute Gasteiger partial charge is 0.0267 e. The van der Waals surface area contributed by atoms with Gasteiger partial charge in [-0.2, -0.15) is 12.6 Å². The van der Waals surface area contributed by atoms with Gasteiger partial charge in [-0.25, -0.2) is 0 Å². The number of hydrogen-bond donors (Lipinski definition) is 1. The average molecular weight is 363 g/mol. The fourth-order valence-corrected chi connectivity index (χ4v) is 3.91. The van der Waals surface area contributed by atoms with E-state index in [4.69, 9.17) is 12.6 Å². The molecule has 0 N–H and O–H groups in total. The van der Waals surface area contributed by atoms with Crippen LogP contribution in [0.2, 0.25) is 0 Å². The monoisotopic (exact) mass is 362 g/mol. The summed E-state index contributed by atoms with van der Waals surface area (Å²) in [4.78, 5) is 0. The van der Waals surface area contributed by atoms with E-state index in [9.17, 15) is 0 Å². The van der Waals surface area contributed by atoms with Crippen LogP contribution in [0.5, 0.6) is 0 Å². The van der Waals surface area contributed by atoms with Crippen LogP contribution in [0.25, 0.3) is 0 Å². The molecule has 0 saturated carbocycles. The number of thiol groups is 1. The van der Waals surface area contributed by atoms with Gasteiger partial charge >= 0.3 is 0 Å². The first-order chi connectivity index (χ1) is 12.3. The largest absolute Gasteiger partial charge is 0.171 e. The van der Waals surface area contributed by atoms with E-state index in [0.717, 1.165) is 0 Å². The SMILES string of the molecule is CCCCCCCCCCCCCCCCCC(S)c1ccccc1. The zero-order valence-corrected chi connectivity index (χ0v) is 17.6. The zero-order valence-electron chi connectivity index (χ0n) is 16.7. The highest BCUT2D eigenvalue weighted by atomic mass is 32.1. The van der Waals surface area contributed by atoms with Crippen LogP contribution in [0.3, 0.4) is 0 Å². The predicted octanol–water partition coefficient (Wildman–Crippen LogP) is 8.92. The van der Waals surface area contributed by atoms with Crippen LogP contribution < -0.4 is 0 Å². The Kier molecular flexibility index (Phi) is 15.4. The maximum atomic E-state index is 4.74. The van der Waals surface area contributed by atoms with Crippen molar-refractivity contribution in [1.82, 2.24) is 0 Å². The van der Waals surface area contributed by atoms with Gasteiger partial charge in [-0.15, -0.1) is 0 Å². The van der Waals surface area contributed by atoms with Crippen molar-refractivity contribution in [2.45, 2.75) is 115 Å². The molecule has 0 bridgehead atoms. The highest BCUT2D eigenvalue weighted by Gasteiger charge is 2.04. The van der Waals surface area contributed by atoms with Crippen molar-refractivity contribution in [2.75, 3.05) is 0 Å². The molecule has 144 valence electrons. The van der Waals surface area contributed by atoms with E-state index in [0.29, 0.717) is 5.25 Å². The Hall–Kier alpha value is -0.430. The molecule has 0 aliphatic carbocycles. The van der Waals surface area contributed by atoms with Crippen LogP contribution in [0, 0.1) is 0 Å². The Morgan fingerprint density at radius 2 is 1.00 bits per heavy atom. The first-order valence-electron chi connectivity index (χ1n) is 11.1. The van der Waals surface area contributed by atoms with E-state index in [1.807, 2.05) is 0 Å². The second kappa shape index (κ2) is 17.0. The average Bonchev–Trinajstić information content (AvgIpc) is 2.65. The third kappa shape index (κ3) is 13.4. The zero-order chi connectivity index (χ0) is 18.0. The van der Waals surface area contributed by atoms with Gasteiger partial charge in [-0.05, 0) is 12.0 Å². The third-order valence-electron chi connectivity index (χ3n) is 5.27. The molecule has 0 spiro atoms. The normalized spacial score (nSPS) is 12.4. The summed E-state index contributed by atoms with van der Waals surface area (Å²) in [6, 6.07) is 10.7. The van der Waals surface area contributed by atoms with E-state index < -0.39 is 0 Å². The maximum absolute atomic E-state index is 4.74. The van der Waals surface area contributed by atoms with E-state index in [1.165, 1.54) is 108 Å². The summed E-state index contributed by atoms with van der Waals surface area (Å²) < 4.78 is 0. The van der Waals surface area contributed by atoms with Crippen LogP contribution in [0.1, 0.15) is 120 Å². The van der Waals surface area contributed by atoms with Gasteiger partial charge in [0.15, 0.2) is 0 Å². The highest BCUT2D eigenvalue weighted by Crippen LogP contribution is 2.26. The molecule has 1 atom stereocenters. The molecule has 1 aromatic carbocycles. The lowest BCUT2D eigenvalue weighted by atomic mass is 10.0. The van der Waals surface area contributed by atoms with E-state index >= 15 is 0 Å². The van der Waals surface area contributed by atoms with Gasteiger partial charge in [0.05, 0.1) is 0 Å². The predicted molar refractivity (Wildman–Crippen MR) is 118 cm³/mol. The van der Waals surface area contributed by atoms with E-state index in [-0.39, 0.29) is 0 Å². The molecule has 0 radical (unpaired) electrons. The molecule has 0 saturated heterocycles. The first-order valence-corrected chi connectivity index (χ1v) is 11.6. The van der Waals surface area contributed by atoms with Gasteiger partial charge in [0.25, 0.3) is 0 Å². The summed E-state index contributed by atoms with van der Waals surface area (Å²) in [5, 5.41) is 0.420. The number of unbranched alkanes of at least 4 members (excludes halogenated alkanes) is 14. The molecular formula is C24H42S. The molecule has 0 fully saturated rings. The minimum absolute atomic E-state index is 0.420. The quantitative estimate of drug-likeness (QED) is 0.207. The summed E-state index contributed by atoms with van der Waals surface area (Å²) in [6.45, 7) is 2.29. The summed E-state index contributed by atoms with van der Waals surface area (Å²) in [7, 11) is 0. The number of benzene rings is 1. The number of hydrogen-bond acceptors (Lipinski definition) is 1. The van der Waals surface area contributed by atoms with Crippen molar-refractivity contribution in [3.63, 3.8) is 0 Å². The molecule has 0 amide bonds. The fourth-order valence-electron chi connectivity index (χ4n) is 3.55. The standard InChI is InChI=1S/C24H42S/c1-2-3-4-5-6-7-8-9-10-11-12-13-14-15-19-22-24(25)23-20-17-16-18-21-23/h16-18,20-21,24-25H,2-15,19,22H2,1H3. The first kappa shape index (κ1) is 22.6. The Bertz CT molecular complexity index is 373. The lowest BCUT2D eigenvalue weighted by Crippen LogP contribution is -1.90. The molecule has 0 aliphatic rings. The maximum Gasteiger partial charge on any atom is 0.0267 e. The molecule has 0 aliphatic heterocycles. The van der Waals surface area contributed by atoms with Crippen molar-refractivity contribution >= 4 is 12.6 Å². The van der Waals surface area contributed by atoms with Crippen molar-refractivity contribution in [1.29, 1.82) is 0 Å². The van der Waals surface area contributed by atoms with Gasteiger partial charge in [-0.3, -0.25) is 0 Å². The van der Waals surface area contributed by atoms with E-state index in [1.54, 1.807) is 0 Å². The fraction of sp³-hybridized carbons (Fsp3) is 0.750. The molecule has 0 aromatic heterocycles. The number of rotatable bonds is 17. The molecule has 25 heavy (non-hydrogen) atoms. The van der Waals surface area contributed by atoms with Crippen molar-refractivity contribution in [3.8, 4) is 0 Å². The van der Waals surface area contributed by atoms with Crippen molar-refractivity contribution in [2.24, 2.45) is 0 Å². The molecule has 1 aromatic rings. The van der Waals surface area contributed by atoms with Crippen LogP contribution in [-0.2, 0) is 0 Å². The lowest BCUT2D eigenvalue weighted by molar-refractivity contribution is 0.529. The Morgan fingerprint density at radius 3 is 1.44 bits per heavy atom. The second-order valence-corrected chi connectivity index (χ2v) is 8.29. The van der Waals surface area contributed by atoms with Crippen LogP contribution in [0.15, 0.2) is 30.3 Å². The third-order valence-corrected chi connectivity index (χ3v) is 5.82. The summed E-state index contributed by atoms with van der Waals surface area (Å²) >= 11 is 4.74. The van der Waals surface area contributed by atoms with Crippen LogP contribution in [0.4, 0.5) is 0 Å². The molecule has 0 nitrogen and oxygen atoms in total. The Morgan fingerprint density at radius 1 is 0.600 bits per heavy atom. The van der Waals surface area contributed by atoms with Crippen molar-refractivity contribution in [3.05, 3.63) is 35.9 Å². The second-order valence-electron chi connectivity index (χ2n) is 7.66. The Balaban J connectivity index is 1.77. The van der Waals surface area contributed by atoms with Gasteiger partial charge < -0.3 is 0 Å². The van der Waals surface area contributed by atoms with Gasteiger partial charge in [0, 0.05) is 5.25 Å². The summed E-state index contributed by atoms with van der Waals surface area (Å²) in [5.41, 5.74) is 1.37. The van der Waals surface area contributed by atoms with Crippen molar-refractivity contribution < 1.29 is 0 Å². The lowest BCUT2D eigenvalue weighted by Gasteiger charge is -2.10. The summed E-state index contributed by atoms with van der Waals surface area (Å²) in [6.07, 6.45) is 22.7. The molecule has 1 heteroatoms. The van der Waals surface area contributed by atoms with Crippen LogP contribution in [-0.4, -0.2) is 0 Å². The van der Waals surface area contributed by atoms with Gasteiger partial charge in [0.2, 0.25) is 0 Å². The van der Waals surface area contributed by atoms with E-state index in [2.05, 4.69) is 37.3 Å². The molecule has 0 heterocycles. The minimum atomic E-state index is 0.420. The van der Waals surface area contributed by atoms with Gasteiger partial charge in [-0.1, -0.05) is 134 Å². The highest BCUT2D eigenvalue weighted by molar-refractivity contribution is 7.80. The summed E-state index contributed by atoms with van der Waals surface area (Å²) in [5.74, 6) is 0. The molecular weight excluding hydrogens is 320 g/mol. The van der Waals surface area contributed by atoms with Gasteiger partial charge in [0.1, 0.15) is 0 Å². The van der Waals surface area contributed by atoms with Crippen LogP contribution >= 0.6 is 12.6 Å². The minimum Gasteiger partial charge on any atom is -0.171 e. The molecule has 1 rings (SSSR count).